The minimum Gasteiger partial charge on any atom is -0.364 e. The highest BCUT2D eigenvalue weighted by Crippen LogP contribution is 2.22. The van der Waals surface area contributed by atoms with Gasteiger partial charge in [0.25, 0.3) is 5.91 Å². The smallest absolute Gasteiger partial charge is 0.269 e. The third kappa shape index (κ3) is 4.11. The highest BCUT2D eigenvalue weighted by atomic mass is 35.5. The van der Waals surface area contributed by atoms with Crippen molar-refractivity contribution in [1.82, 2.24) is 14.7 Å². The van der Waals surface area contributed by atoms with Crippen LogP contribution in [0.4, 0.5) is 10.1 Å². The van der Waals surface area contributed by atoms with Crippen molar-refractivity contribution in [2.45, 2.75) is 19.5 Å². The highest BCUT2D eigenvalue weighted by molar-refractivity contribution is 6.31. The molecule has 0 unspecified atom stereocenters. The van der Waals surface area contributed by atoms with Gasteiger partial charge in [-0.3, -0.25) is 19.1 Å². The van der Waals surface area contributed by atoms with Gasteiger partial charge in [0, 0.05) is 12.4 Å². The van der Waals surface area contributed by atoms with Crippen molar-refractivity contribution in [3.63, 3.8) is 0 Å². The van der Waals surface area contributed by atoms with E-state index in [9.17, 15) is 18.8 Å². The van der Waals surface area contributed by atoms with Crippen molar-refractivity contribution in [2.75, 3.05) is 12.4 Å². The number of hydrogen-bond donors (Lipinski definition) is 2. The molecule has 10 heteroatoms. The van der Waals surface area contributed by atoms with E-state index in [4.69, 9.17) is 17.3 Å². The molecule has 0 bridgehead atoms. The van der Waals surface area contributed by atoms with E-state index in [2.05, 4.69) is 10.4 Å². The third-order valence-corrected chi connectivity index (χ3v) is 5.03. The van der Waals surface area contributed by atoms with Gasteiger partial charge < -0.3 is 16.0 Å². The number of aromatic nitrogens is 2. The summed E-state index contributed by atoms with van der Waals surface area (Å²) in [5.74, 6) is -2.48. The Morgan fingerprint density at radius 3 is 2.63 bits per heavy atom. The summed E-state index contributed by atoms with van der Waals surface area (Å²) in [6.45, 7) is 1.29. The first-order chi connectivity index (χ1) is 14.2. The van der Waals surface area contributed by atoms with E-state index >= 15 is 0 Å². The average Bonchev–Trinajstić information content (AvgIpc) is 3.09. The fourth-order valence-corrected chi connectivity index (χ4v) is 3.07. The summed E-state index contributed by atoms with van der Waals surface area (Å²) in [7, 11) is 1.45. The lowest BCUT2D eigenvalue weighted by molar-refractivity contribution is -0.137. The number of carbonyl (C=O) groups excluding carboxylic acids is 3. The van der Waals surface area contributed by atoms with Crippen LogP contribution in [-0.2, 0) is 16.1 Å². The topological polar surface area (TPSA) is 110 Å². The monoisotopic (exact) mass is 431 g/mol. The molecule has 8 nitrogen and oxygen atoms in total. The maximum absolute atomic E-state index is 14.0. The Hall–Kier alpha value is -3.46. The summed E-state index contributed by atoms with van der Waals surface area (Å²) in [5, 5.41) is 6.96. The SMILES string of the molecule is C[C@@H](C(=O)Nc1cccc(Cl)c1F)N(C)C(=O)Cn1nc(C(N)=O)c2ccccc21. The molecule has 3 amide bonds. The molecule has 3 rings (SSSR count). The normalized spacial score (nSPS) is 11.9. The van der Waals surface area contributed by atoms with Crippen molar-refractivity contribution in [1.29, 1.82) is 0 Å². The van der Waals surface area contributed by atoms with Crippen LogP contribution in [0.5, 0.6) is 0 Å². The second-order valence-electron chi connectivity index (χ2n) is 6.66. The van der Waals surface area contributed by atoms with Gasteiger partial charge in [-0.1, -0.05) is 35.9 Å². The number of amides is 3. The first-order valence-corrected chi connectivity index (χ1v) is 9.34. The number of para-hydroxylation sites is 1. The Balaban J connectivity index is 1.75. The first kappa shape index (κ1) is 21.3. The summed E-state index contributed by atoms with van der Waals surface area (Å²) in [5.41, 5.74) is 5.91. The molecule has 0 radical (unpaired) electrons. The van der Waals surface area contributed by atoms with Gasteiger partial charge in [0.15, 0.2) is 11.5 Å². The van der Waals surface area contributed by atoms with Crippen LogP contribution in [-0.4, -0.2) is 45.5 Å². The number of rotatable bonds is 6. The molecule has 0 aliphatic heterocycles. The number of likely N-dealkylation sites (N-methyl/N-ethyl adjacent to an activating group) is 1. The average molecular weight is 432 g/mol. The molecule has 3 aromatic rings. The number of primary amides is 1. The van der Waals surface area contributed by atoms with Crippen LogP contribution in [0.15, 0.2) is 42.5 Å². The number of halogens is 2. The summed E-state index contributed by atoms with van der Waals surface area (Å²) in [6.07, 6.45) is 0. The van der Waals surface area contributed by atoms with Crippen LogP contribution < -0.4 is 11.1 Å². The predicted molar refractivity (Wildman–Crippen MR) is 111 cm³/mol. The third-order valence-electron chi connectivity index (χ3n) is 4.74. The van der Waals surface area contributed by atoms with Crippen molar-refractivity contribution >= 4 is 45.9 Å². The Morgan fingerprint density at radius 1 is 1.23 bits per heavy atom. The Morgan fingerprint density at radius 2 is 1.93 bits per heavy atom. The van der Waals surface area contributed by atoms with Gasteiger partial charge in [-0.25, -0.2) is 4.39 Å². The molecule has 0 saturated carbocycles. The molecule has 0 aliphatic rings. The molecular formula is C20H19ClFN5O3. The number of fused-ring (bicyclic) bond motifs is 1. The second kappa shape index (κ2) is 8.50. The number of carbonyl (C=O) groups is 3. The fourth-order valence-electron chi connectivity index (χ4n) is 2.90. The molecule has 0 saturated heterocycles. The van der Waals surface area contributed by atoms with Gasteiger partial charge in [0.2, 0.25) is 11.8 Å². The minimum absolute atomic E-state index is 0.0586. The number of anilines is 1. The van der Waals surface area contributed by atoms with E-state index in [1.54, 1.807) is 24.3 Å². The molecule has 30 heavy (non-hydrogen) atoms. The van der Waals surface area contributed by atoms with Crippen LogP contribution in [0.3, 0.4) is 0 Å². The van der Waals surface area contributed by atoms with Gasteiger partial charge in [0.1, 0.15) is 12.6 Å². The molecule has 1 heterocycles. The summed E-state index contributed by atoms with van der Waals surface area (Å²) >= 11 is 5.72. The van der Waals surface area contributed by atoms with Crippen molar-refractivity contribution < 1.29 is 18.8 Å². The number of nitrogens with zero attached hydrogens (tertiary/aromatic N) is 3. The van der Waals surface area contributed by atoms with Crippen molar-refractivity contribution in [3.8, 4) is 0 Å². The standard InChI is InChI=1S/C20H19ClFN5O3/c1-11(20(30)24-14-8-5-7-13(21)17(14)22)26(2)16(28)10-27-15-9-4-3-6-12(15)18(25-27)19(23)29/h3-9,11H,10H2,1-2H3,(H2,23,29)(H,24,30)/t11-/m0/s1. The fraction of sp³-hybridized carbons (Fsp3) is 0.200. The lowest BCUT2D eigenvalue weighted by Gasteiger charge is -2.24. The number of nitrogens with one attached hydrogen (secondary N) is 1. The molecule has 3 N–H and O–H groups in total. The van der Waals surface area contributed by atoms with Crippen LogP contribution >= 0.6 is 11.6 Å². The summed E-state index contributed by atoms with van der Waals surface area (Å²) in [4.78, 5) is 38.0. The van der Waals surface area contributed by atoms with Crippen LogP contribution in [0.25, 0.3) is 10.9 Å². The minimum atomic E-state index is -0.909. The highest BCUT2D eigenvalue weighted by Gasteiger charge is 2.25. The van der Waals surface area contributed by atoms with E-state index < -0.39 is 29.6 Å². The number of nitrogens with two attached hydrogens (primary N) is 1. The van der Waals surface area contributed by atoms with Gasteiger partial charge in [-0.05, 0) is 25.1 Å². The summed E-state index contributed by atoms with van der Waals surface area (Å²) < 4.78 is 15.4. The van der Waals surface area contributed by atoms with E-state index in [1.807, 2.05) is 0 Å². The van der Waals surface area contributed by atoms with Gasteiger partial charge in [-0.15, -0.1) is 0 Å². The first-order valence-electron chi connectivity index (χ1n) is 8.96. The molecular weight excluding hydrogens is 413 g/mol. The lowest BCUT2D eigenvalue weighted by atomic mass is 10.2. The molecule has 156 valence electrons. The summed E-state index contributed by atoms with van der Waals surface area (Å²) in [6, 6.07) is 10.2. The van der Waals surface area contributed by atoms with Crippen LogP contribution in [0.1, 0.15) is 17.4 Å². The molecule has 0 spiro atoms. The van der Waals surface area contributed by atoms with E-state index in [0.29, 0.717) is 10.9 Å². The van der Waals surface area contributed by atoms with Crippen LogP contribution in [0, 0.1) is 5.82 Å². The van der Waals surface area contributed by atoms with Gasteiger partial charge in [-0.2, -0.15) is 5.10 Å². The van der Waals surface area contributed by atoms with Crippen LogP contribution in [0.2, 0.25) is 5.02 Å². The molecule has 1 aromatic heterocycles. The van der Waals surface area contributed by atoms with E-state index in [-0.39, 0.29) is 22.9 Å². The zero-order chi connectivity index (χ0) is 22.0. The second-order valence-corrected chi connectivity index (χ2v) is 7.07. The predicted octanol–water partition coefficient (Wildman–Crippen LogP) is 2.41. The lowest BCUT2D eigenvalue weighted by Crippen LogP contribution is -2.44. The maximum atomic E-state index is 14.0. The van der Waals surface area contributed by atoms with Crippen molar-refractivity contribution in [3.05, 3.63) is 59.0 Å². The Bertz CT molecular complexity index is 1150. The number of benzene rings is 2. The zero-order valence-corrected chi connectivity index (χ0v) is 17.0. The van der Waals surface area contributed by atoms with E-state index in [0.717, 1.165) is 0 Å². The molecule has 0 aliphatic carbocycles. The largest absolute Gasteiger partial charge is 0.364 e. The number of hydrogen-bond acceptors (Lipinski definition) is 4. The Kier molecular flexibility index (Phi) is 6.02. The van der Waals surface area contributed by atoms with E-state index in [1.165, 1.54) is 41.8 Å². The quantitative estimate of drug-likeness (QED) is 0.624. The maximum Gasteiger partial charge on any atom is 0.269 e. The van der Waals surface area contributed by atoms with Crippen molar-refractivity contribution in [2.24, 2.45) is 5.73 Å². The molecule has 1 atom stereocenters. The molecule has 2 aromatic carbocycles. The molecule has 0 fully saturated rings. The van der Waals surface area contributed by atoms with Gasteiger partial charge in [0.05, 0.1) is 16.2 Å². The Labute approximate surface area is 176 Å². The zero-order valence-electron chi connectivity index (χ0n) is 16.2. The van der Waals surface area contributed by atoms with Gasteiger partial charge >= 0.3 is 0 Å².